The average molecular weight is 346 g/mol. The van der Waals surface area contributed by atoms with Gasteiger partial charge in [-0.3, -0.25) is 0 Å². The van der Waals surface area contributed by atoms with Crippen molar-refractivity contribution in [2.75, 3.05) is 13.9 Å². The third-order valence-electron chi connectivity index (χ3n) is 5.17. The predicted octanol–water partition coefficient (Wildman–Crippen LogP) is 3.57. The van der Waals surface area contributed by atoms with Crippen molar-refractivity contribution in [3.63, 3.8) is 0 Å². The van der Waals surface area contributed by atoms with Gasteiger partial charge in [-0.25, -0.2) is 4.39 Å². The summed E-state index contributed by atoms with van der Waals surface area (Å²) in [5.41, 5.74) is 0.378. The molecule has 1 aliphatic heterocycles. The average Bonchev–Trinajstić information content (AvgIpc) is 2.76. The topological polar surface area (TPSA) is 36.9 Å². The third-order valence-corrected chi connectivity index (χ3v) is 5.17. The highest BCUT2D eigenvalue weighted by atomic mass is 19.1. The van der Waals surface area contributed by atoms with Crippen LogP contribution in [0.1, 0.15) is 33.3 Å². The summed E-state index contributed by atoms with van der Waals surface area (Å²) in [6.07, 6.45) is 0. The Kier molecular flexibility index (Phi) is 4.56. The Hall–Kier alpha value is -1.63. The van der Waals surface area contributed by atoms with Gasteiger partial charge < -0.3 is 18.8 Å². The van der Waals surface area contributed by atoms with E-state index >= 15 is 0 Å². The molecule has 0 saturated carbocycles. The van der Waals surface area contributed by atoms with Gasteiger partial charge in [0.25, 0.3) is 0 Å². The van der Waals surface area contributed by atoms with Crippen molar-refractivity contribution >= 4 is 23.4 Å². The summed E-state index contributed by atoms with van der Waals surface area (Å²) in [6.45, 7) is 9.88. The Morgan fingerprint density at radius 2 is 1.72 bits per heavy atom. The van der Waals surface area contributed by atoms with Gasteiger partial charge in [-0.05, 0) is 74.6 Å². The van der Waals surface area contributed by atoms with Gasteiger partial charge in [0.2, 0.25) is 0 Å². The lowest BCUT2D eigenvalue weighted by Crippen LogP contribution is -2.41. The lowest BCUT2D eigenvalue weighted by atomic mass is 9.75. The fourth-order valence-corrected chi connectivity index (χ4v) is 3.00. The Morgan fingerprint density at radius 1 is 1.08 bits per heavy atom. The smallest absolute Gasteiger partial charge is 0.468 e. The van der Waals surface area contributed by atoms with E-state index in [0.717, 1.165) is 16.2 Å². The van der Waals surface area contributed by atoms with E-state index in [-0.39, 0.29) is 12.6 Å². The second-order valence-corrected chi connectivity index (χ2v) is 7.42. The van der Waals surface area contributed by atoms with Crippen LogP contribution in [0, 0.1) is 12.7 Å². The standard InChI is InChI=1S/C19H24BFO4/c1-12-16(21)8-7-13-9-14(23-11-22-6)10-15(17(12)13)20-24-18(2,3)19(4,5)25-20/h7-10H,11H2,1-6H3. The molecule has 6 heteroatoms. The summed E-state index contributed by atoms with van der Waals surface area (Å²) >= 11 is 0. The molecule has 0 aromatic heterocycles. The Bertz CT molecular complexity index is 788. The molecule has 134 valence electrons. The summed E-state index contributed by atoms with van der Waals surface area (Å²) in [6, 6.07) is 6.92. The molecule has 0 unspecified atom stereocenters. The first-order valence-electron chi connectivity index (χ1n) is 8.36. The van der Waals surface area contributed by atoms with Crippen LogP contribution in [0.5, 0.6) is 5.75 Å². The maximum Gasteiger partial charge on any atom is 0.495 e. The zero-order valence-electron chi connectivity index (χ0n) is 15.6. The first kappa shape index (κ1) is 18.2. The minimum atomic E-state index is -0.598. The van der Waals surface area contributed by atoms with E-state index in [2.05, 4.69) is 0 Å². The molecule has 0 radical (unpaired) electrons. The van der Waals surface area contributed by atoms with Crippen molar-refractivity contribution in [2.45, 2.75) is 45.8 Å². The number of fused-ring (bicyclic) bond motifs is 1. The molecule has 0 amide bonds. The SMILES string of the molecule is COCOc1cc(B2OC(C)(C)C(C)(C)O2)c2c(C)c(F)ccc2c1. The Balaban J connectivity index is 2.16. The molecule has 1 aliphatic rings. The normalized spacial score (nSPS) is 18.8. The van der Waals surface area contributed by atoms with Crippen molar-refractivity contribution in [3.8, 4) is 5.75 Å². The van der Waals surface area contributed by atoms with E-state index in [1.165, 1.54) is 6.07 Å². The van der Waals surface area contributed by atoms with Gasteiger partial charge in [0, 0.05) is 7.11 Å². The molecule has 2 aromatic rings. The molecular weight excluding hydrogens is 322 g/mol. The fraction of sp³-hybridized carbons (Fsp3) is 0.474. The first-order chi connectivity index (χ1) is 11.7. The summed E-state index contributed by atoms with van der Waals surface area (Å²) in [5.74, 6) is 0.376. The number of methoxy groups -OCH3 is 1. The second kappa shape index (κ2) is 6.27. The van der Waals surface area contributed by atoms with Crippen LogP contribution in [0.15, 0.2) is 24.3 Å². The van der Waals surface area contributed by atoms with Gasteiger partial charge in [-0.15, -0.1) is 0 Å². The molecule has 0 bridgehead atoms. The molecular formula is C19H24BFO4. The van der Waals surface area contributed by atoms with Gasteiger partial charge >= 0.3 is 7.12 Å². The van der Waals surface area contributed by atoms with Crippen LogP contribution in [0.25, 0.3) is 10.8 Å². The maximum atomic E-state index is 14.2. The minimum Gasteiger partial charge on any atom is -0.468 e. The van der Waals surface area contributed by atoms with Crippen LogP contribution < -0.4 is 10.2 Å². The lowest BCUT2D eigenvalue weighted by molar-refractivity contribution is 0.00578. The number of benzene rings is 2. The molecule has 4 nitrogen and oxygen atoms in total. The fourth-order valence-electron chi connectivity index (χ4n) is 3.00. The molecule has 1 fully saturated rings. The maximum absolute atomic E-state index is 14.2. The van der Waals surface area contributed by atoms with E-state index in [1.807, 2.05) is 39.8 Å². The number of hydrogen-bond donors (Lipinski definition) is 0. The summed E-state index contributed by atoms with van der Waals surface area (Å²) < 4.78 is 37.2. The Labute approximate surface area is 148 Å². The highest BCUT2D eigenvalue weighted by Crippen LogP contribution is 2.37. The van der Waals surface area contributed by atoms with Gasteiger partial charge in [-0.2, -0.15) is 0 Å². The summed E-state index contributed by atoms with van der Waals surface area (Å²) in [4.78, 5) is 0. The van der Waals surface area contributed by atoms with Crippen molar-refractivity contribution in [2.24, 2.45) is 0 Å². The van der Waals surface area contributed by atoms with Gasteiger partial charge in [0.05, 0.1) is 11.2 Å². The number of hydrogen-bond acceptors (Lipinski definition) is 4. The van der Waals surface area contributed by atoms with Crippen LogP contribution in [-0.4, -0.2) is 32.2 Å². The number of halogens is 1. The van der Waals surface area contributed by atoms with Crippen molar-refractivity contribution in [1.82, 2.24) is 0 Å². The number of ether oxygens (including phenoxy) is 2. The number of aryl methyl sites for hydroxylation is 1. The van der Waals surface area contributed by atoms with Crippen LogP contribution >= 0.6 is 0 Å². The second-order valence-electron chi connectivity index (χ2n) is 7.42. The summed E-state index contributed by atoms with van der Waals surface area (Å²) in [7, 11) is 0.967. The van der Waals surface area contributed by atoms with Gasteiger partial charge in [-0.1, -0.05) is 6.07 Å². The molecule has 25 heavy (non-hydrogen) atoms. The molecule has 0 spiro atoms. The monoisotopic (exact) mass is 346 g/mol. The molecule has 1 heterocycles. The van der Waals surface area contributed by atoms with Crippen molar-refractivity contribution < 1.29 is 23.2 Å². The van der Waals surface area contributed by atoms with E-state index in [4.69, 9.17) is 18.8 Å². The van der Waals surface area contributed by atoms with E-state index in [9.17, 15) is 4.39 Å². The van der Waals surface area contributed by atoms with Crippen molar-refractivity contribution in [1.29, 1.82) is 0 Å². The highest BCUT2D eigenvalue weighted by molar-refractivity contribution is 6.65. The zero-order chi connectivity index (χ0) is 18.4. The lowest BCUT2D eigenvalue weighted by Gasteiger charge is -2.32. The van der Waals surface area contributed by atoms with E-state index in [1.54, 1.807) is 20.1 Å². The molecule has 1 saturated heterocycles. The molecule has 3 rings (SSSR count). The largest absolute Gasteiger partial charge is 0.495 e. The van der Waals surface area contributed by atoms with E-state index < -0.39 is 18.3 Å². The molecule has 0 N–H and O–H groups in total. The van der Waals surface area contributed by atoms with Crippen LogP contribution in [0.3, 0.4) is 0 Å². The quantitative estimate of drug-likeness (QED) is 0.627. The van der Waals surface area contributed by atoms with Crippen molar-refractivity contribution in [3.05, 3.63) is 35.6 Å². The molecule has 2 aromatic carbocycles. The highest BCUT2D eigenvalue weighted by Gasteiger charge is 2.52. The van der Waals surface area contributed by atoms with Crippen LogP contribution in [0.2, 0.25) is 0 Å². The van der Waals surface area contributed by atoms with Crippen LogP contribution in [0.4, 0.5) is 4.39 Å². The molecule has 0 atom stereocenters. The van der Waals surface area contributed by atoms with Crippen LogP contribution in [-0.2, 0) is 14.0 Å². The minimum absolute atomic E-state index is 0.133. The number of rotatable bonds is 4. The van der Waals surface area contributed by atoms with E-state index in [0.29, 0.717) is 11.3 Å². The van der Waals surface area contributed by atoms with Gasteiger partial charge in [0.15, 0.2) is 6.79 Å². The molecule has 0 aliphatic carbocycles. The Morgan fingerprint density at radius 3 is 2.32 bits per heavy atom. The van der Waals surface area contributed by atoms with Gasteiger partial charge in [0.1, 0.15) is 11.6 Å². The predicted molar refractivity (Wildman–Crippen MR) is 96.9 cm³/mol. The summed E-state index contributed by atoms with van der Waals surface area (Å²) in [5, 5.41) is 1.67. The zero-order valence-corrected chi connectivity index (χ0v) is 15.6. The first-order valence-corrected chi connectivity index (χ1v) is 8.36. The third kappa shape index (κ3) is 3.14.